The smallest absolute Gasteiger partial charge is 0.367 e. The number of aromatic nitrogens is 1. The molecule has 1 aliphatic carbocycles. The average Bonchev–Trinajstić information content (AvgIpc) is 3.03. The van der Waals surface area contributed by atoms with Gasteiger partial charge in [-0.1, -0.05) is 12.8 Å². The van der Waals surface area contributed by atoms with E-state index in [-0.39, 0.29) is 11.9 Å². The molecule has 1 heterocycles. The summed E-state index contributed by atoms with van der Waals surface area (Å²) in [6.45, 7) is 1.89. The molecule has 2 nitrogen and oxygen atoms in total. The van der Waals surface area contributed by atoms with Crippen molar-refractivity contribution in [1.82, 2.24) is 4.98 Å². The van der Waals surface area contributed by atoms with Gasteiger partial charge in [-0.15, -0.1) is 0 Å². The summed E-state index contributed by atoms with van der Waals surface area (Å²) in [5.74, 6) is 0.580. The zero-order chi connectivity index (χ0) is 13.3. The molecular formula is C12H14BrF3N2. The fraction of sp³-hybridized carbons (Fsp3) is 0.583. The Morgan fingerprint density at radius 3 is 2.72 bits per heavy atom. The van der Waals surface area contributed by atoms with Gasteiger partial charge in [-0.05, 0) is 41.3 Å². The fourth-order valence-corrected chi connectivity index (χ4v) is 2.25. The lowest BCUT2D eigenvalue weighted by molar-refractivity contribution is -0.137. The highest BCUT2D eigenvalue weighted by molar-refractivity contribution is 9.10. The normalized spacial score (nSPS) is 17.6. The van der Waals surface area contributed by atoms with E-state index in [1.807, 2.05) is 6.92 Å². The summed E-state index contributed by atoms with van der Waals surface area (Å²) in [6, 6.07) is 1.06. The second-order valence-corrected chi connectivity index (χ2v) is 5.69. The van der Waals surface area contributed by atoms with E-state index >= 15 is 0 Å². The number of nitrogens with zero attached hydrogens (tertiary/aromatic N) is 1. The maximum absolute atomic E-state index is 12.9. The molecule has 1 fully saturated rings. The highest BCUT2D eigenvalue weighted by Crippen LogP contribution is 2.37. The summed E-state index contributed by atoms with van der Waals surface area (Å²) in [5.41, 5.74) is -0.723. The van der Waals surface area contributed by atoms with Gasteiger partial charge in [0.05, 0.1) is 5.56 Å². The minimum absolute atomic E-state index is 0.00674. The highest BCUT2D eigenvalue weighted by atomic mass is 79.9. The van der Waals surface area contributed by atoms with E-state index in [4.69, 9.17) is 0 Å². The molecule has 1 aliphatic rings. The maximum atomic E-state index is 12.9. The lowest BCUT2D eigenvalue weighted by Gasteiger charge is -2.18. The molecule has 0 spiro atoms. The Kier molecular flexibility index (Phi) is 3.84. The van der Waals surface area contributed by atoms with Gasteiger partial charge in [0, 0.05) is 16.7 Å². The first kappa shape index (κ1) is 13.6. The first-order valence-electron chi connectivity index (χ1n) is 5.85. The first-order valence-corrected chi connectivity index (χ1v) is 6.65. The molecule has 1 aromatic rings. The van der Waals surface area contributed by atoms with Crippen LogP contribution < -0.4 is 5.32 Å². The highest BCUT2D eigenvalue weighted by Gasteiger charge is 2.35. The van der Waals surface area contributed by atoms with Gasteiger partial charge in [0.1, 0.15) is 5.82 Å². The Morgan fingerprint density at radius 1 is 1.50 bits per heavy atom. The van der Waals surface area contributed by atoms with Gasteiger partial charge >= 0.3 is 6.18 Å². The average molecular weight is 323 g/mol. The van der Waals surface area contributed by atoms with Crippen LogP contribution in [0.15, 0.2) is 16.7 Å². The van der Waals surface area contributed by atoms with E-state index in [0.29, 0.717) is 10.4 Å². The minimum Gasteiger partial charge on any atom is -0.367 e. The molecule has 1 unspecified atom stereocenters. The molecule has 18 heavy (non-hydrogen) atoms. The van der Waals surface area contributed by atoms with Crippen molar-refractivity contribution in [1.29, 1.82) is 0 Å². The molecular weight excluding hydrogens is 309 g/mol. The second-order valence-electron chi connectivity index (χ2n) is 4.77. The van der Waals surface area contributed by atoms with Crippen molar-refractivity contribution in [2.45, 2.75) is 38.4 Å². The third-order valence-electron chi connectivity index (χ3n) is 2.93. The van der Waals surface area contributed by atoms with Crippen LogP contribution >= 0.6 is 15.9 Å². The topological polar surface area (TPSA) is 24.9 Å². The number of hydrogen-bond donors (Lipinski definition) is 1. The largest absolute Gasteiger partial charge is 0.419 e. The number of pyridine rings is 1. The van der Waals surface area contributed by atoms with Crippen LogP contribution in [0.1, 0.15) is 31.7 Å². The number of hydrogen-bond acceptors (Lipinski definition) is 2. The van der Waals surface area contributed by atoms with Crippen molar-refractivity contribution in [2.24, 2.45) is 5.92 Å². The molecule has 1 saturated carbocycles. The number of halogens is 4. The van der Waals surface area contributed by atoms with Gasteiger partial charge in [-0.3, -0.25) is 0 Å². The van der Waals surface area contributed by atoms with E-state index in [0.717, 1.165) is 12.5 Å². The summed E-state index contributed by atoms with van der Waals surface area (Å²) in [5, 5.41) is 2.86. The third kappa shape index (κ3) is 3.60. The standard InChI is InChI=1S/C12H14BrF3N2/c1-7(4-8-2-3-8)18-11-10(12(14,15)16)5-9(13)6-17-11/h5-8H,2-4H2,1H3,(H,17,18). The van der Waals surface area contributed by atoms with Gasteiger partial charge < -0.3 is 5.32 Å². The van der Waals surface area contributed by atoms with E-state index in [9.17, 15) is 13.2 Å². The number of anilines is 1. The fourth-order valence-electron chi connectivity index (χ4n) is 1.92. The quantitative estimate of drug-likeness (QED) is 0.885. The van der Waals surface area contributed by atoms with Crippen LogP contribution in [0.25, 0.3) is 0 Å². The zero-order valence-electron chi connectivity index (χ0n) is 9.89. The Hall–Kier alpha value is -0.780. The van der Waals surface area contributed by atoms with Crippen LogP contribution in [0.4, 0.5) is 19.0 Å². The van der Waals surface area contributed by atoms with E-state index in [1.165, 1.54) is 19.0 Å². The number of alkyl halides is 3. The predicted molar refractivity (Wildman–Crippen MR) is 67.4 cm³/mol. The molecule has 0 saturated heterocycles. The molecule has 0 amide bonds. The van der Waals surface area contributed by atoms with Crippen molar-refractivity contribution >= 4 is 21.7 Å². The Morgan fingerprint density at radius 2 is 2.17 bits per heavy atom. The van der Waals surface area contributed by atoms with E-state index in [1.54, 1.807) is 0 Å². The second kappa shape index (κ2) is 5.07. The number of rotatable bonds is 4. The van der Waals surface area contributed by atoms with Crippen molar-refractivity contribution < 1.29 is 13.2 Å². The molecule has 1 aromatic heterocycles. The van der Waals surface area contributed by atoms with E-state index in [2.05, 4.69) is 26.2 Å². The van der Waals surface area contributed by atoms with Crippen LogP contribution in [-0.4, -0.2) is 11.0 Å². The Bertz CT molecular complexity index is 430. The monoisotopic (exact) mass is 322 g/mol. The van der Waals surface area contributed by atoms with Crippen molar-refractivity contribution in [3.05, 3.63) is 22.3 Å². The molecule has 1 atom stereocenters. The summed E-state index contributed by atoms with van der Waals surface area (Å²) in [6.07, 6.45) is 0.257. The zero-order valence-corrected chi connectivity index (χ0v) is 11.5. The molecule has 0 bridgehead atoms. The van der Waals surface area contributed by atoms with E-state index < -0.39 is 11.7 Å². The lowest BCUT2D eigenvalue weighted by Crippen LogP contribution is -2.20. The van der Waals surface area contributed by atoms with Crippen LogP contribution in [0.5, 0.6) is 0 Å². The van der Waals surface area contributed by atoms with Crippen LogP contribution in [0.2, 0.25) is 0 Å². The van der Waals surface area contributed by atoms with Gasteiger partial charge in [0.25, 0.3) is 0 Å². The SMILES string of the molecule is CC(CC1CC1)Nc1ncc(Br)cc1C(F)(F)F. The van der Waals surface area contributed by atoms with Crippen LogP contribution in [0, 0.1) is 5.92 Å². The van der Waals surface area contributed by atoms with Crippen LogP contribution in [-0.2, 0) is 6.18 Å². The summed E-state index contributed by atoms with van der Waals surface area (Å²) >= 11 is 3.02. The molecule has 1 N–H and O–H groups in total. The van der Waals surface area contributed by atoms with Crippen molar-refractivity contribution in [2.75, 3.05) is 5.32 Å². The van der Waals surface area contributed by atoms with Crippen LogP contribution in [0.3, 0.4) is 0 Å². The first-order chi connectivity index (χ1) is 8.36. The van der Waals surface area contributed by atoms with Gasteiger partial charge in [-0.2, -0.15) is 13.2 Å². The molecule has 2 rings (SSSR count). The summed E-state index contributed by atoms with van der Waals surface area (Å²) < 4.78 is 38.9. The Labute approximate surface area is 112 Å². The number of nitrogens with one attached hydrogen (secondary N) is 1. The minimum atomic E-state index is -4.39. The van der Waals surface area contributed by atoms with Gasteiger partial charge in [0.2, 0.25) is 0 Å². The molecule has 100 valence electrons. The Balaban J connectivity index is 2.15. The van der Waals surface area contributed by atoms with Crippen molar-refractivity contribution in [3.8, 4) is 0 Å². The molecule has 0 aromatic carbocycles. The maximum Gasteiger partial charge on any atom is 0.419 e. The predicted octanol–water partition coefficient (Wildman–Crippen LogP) is 4.46. The third-order valence-corrected chi connectivity index (χ3v) is 3.36. The van der Waals surface area contributed by atoms with Gasteiger partial charge in [0.15, 0.2) is 0 Å². The molecule has 0 aliphatic heterocycles. The molecule has 6 heteroatoms. The lowest BCUT2D eigenvalue weighted by atomic mass is 10.1. The van der Waals surface area contributed by atoms with Crippen molar-refractivity contribution in [3.63, 3.8) is 0 Å². The molecule has 0 radical (unpaired) electrons. The summed E-state index contributed by atoms with van der Waals surface area (Å²) in [7, 11) is 0. The van der Waals surface area contributed by atoms with Gasteiger partial charge in [-0.25, -0.2) is 4.98 Å². The summed E-state index contributed by atoms with van der Waals surface area (Å²) in [4.78, 5) is 3.83.